The highest BCUT2D eigenvalue weighted by Crippen LogP contribution is 2.29. The Kier molecular flexibility index (Phi) is 6.74. The summed E-state index contributed by atoms with van der Waals surface area (Å²) < 4.78 is 5.90. The van der Waals surface area contributed by atoms with Crippen LogP contribution in [0.5, 0.6) is 0 Å². The molecule has 1 saturated carbocycles. The third kappa shape index (κ3) is 5.19. The monoisotopic (exact) mass is 345 g/mol. The molecule has 4 nitrogen and oxygen atoms in total. The van der Waals surface area contributed by atoms with Gasteiger partial charge < -0.3 is 14.5 Å². The second kappa shape index (κ2) is 9.02. The molecular weight excluding hydrogens is 310 g/mol. The SMILES string of the molecule is CCCCO[C@H]1C[C@H](N(C)Cc2ccc(N3CCN(C)CC3)cc2)C1. The summed E-state index contributed by atoms with van der Waals surface area (Å²) >= 11 is 0. The molecule has 0 amide bonds. The predicted octanol–water partition coefficient (Wildman–Crippen LogP) is 3.22. The van der Waals surface area contributed by atoms with Gasteiger partial charge in [0.2, 0.25) is 0 Å². The molecule has 1 aliphatic carbocycles. The van der Waals surface area contributed by atoms with E-state index in [1.165, 1.54) is 36.9 Å². The second-order valence-corrected chi connectivity index (χ2v) is 7.84. The fraction of sp³-hybridized carbons (Fsp3) is 0.714. The van der Waals surface area contributed by atoms with Crippen LogP contribution in [0.1, 0.15) is 38.2 Å². The van der Waals surface area contributed by atoms with Gasteiger partial charge in [-0.3, -0.25) is 4.90 Å². The third-order valence-electron chi connectivity index (χ3n) is 5.78. The molecule has 1 saturated heterocycles. The van der Waals surface area contributed by atoms with E-state index in [0.717, 1.165) is 39.3 Å². The quantitative estimate of drug-likeness (QED) is 0.673. The molecule has 3 rings (SSSR count). The minimum atomic E-state index is 0.499. The molecule has 0 radical (unpaired) electrons. The van der Waals surface area contributed by atoms with Gasteiger partial charge in [-0.2, -0.15) is 0 Å². The van der Waals surface area contributed by atoms with Gasteiger partial charge in [0, 0.05) is 51.1 Å². The van der Waals surface area contributed by atoms with Crippen molar-refractivity contribution in [3.05, 3.63) is 29.8 Å². The van der Waals surface area contributed by atoms with Gasteiger partial charge in [0.05, 0.1) is 6.10 Å². The zero-order valence-electron chi connectivity index (χ0n) is 16.3. The first kappa shape index (κ1) is 18.7. The number of hydrogen-bond donors (Lipinski definition) is 0. The molecule has 0 N–H and O–H groups in total. The van der Waals surface area contributed by atoms with E-state index in [4.69, 9.17) is 4.74 Å². The molecule has 25 heavy (non-hydrogen) atoms. The number of hydrogen-bond acceptors (Lipinski definition) is 4. The van der Waals surface area contributed by atoms with Crippen molar-refractivity contribution < 1.29 is 4.74 Å². The molecule has 2 aliphatic rings. The summed E-state index contributed by atoms with van der Waals surface area (Å²) in [6.07, 6.45) is 5.30. The molecule has 1 heterocycles. The van der Waals surface area contributed by atoms with Crippen LogP contribution in [0.25, 0.3) is 0 Å². The fourth-order valence-electron chi connectivity index (χ4n) is 3.72. The van der Waals surface area contributed by atoms with Crippen LogP contribution in [-0.2, 0) is 11.3 Å². The molecule has 0 bridgehead atoms. The maximum atomic E-state index is 5.90. The normalized spacial score (nSPS) is 24.6. The first-order chi connectivity index (χ1) is 12.2. The fourth-order valence-corrected chi connectivity index (χ4v) is 3.72. The van der Waals surface area contributed by atoms with Crippen molar-refractivity contribution in [2.75, 3.05) is 51.8 Å². The number of piperazine rings is 1. The number of anilines is 1. The van der Waals surface area contributed by atoms with Crippen molar-refractivity contribution in [3.63, 3.8) is 0 Å². The van der Waals surface area contributed by atoms with Gasteiger partial charge in [-0.1, -0.05) is 25.5 Å². The topological polar surface area (TPSA) is 19.0 Å². The summed E-state index contributed by atoms with van der Waals surface area (Å²) in [6, 6.07) is 9.89. The van der Waals surface area contributed by atoms with E-state index >= 15 is 0 Å². The standard InChI is InChI=1S/C21H35N3O/c1-4-5-14-25-21-15-20(16-21)23(3)17-18-6-8-19(9-7-18)24-12-10-22(2)11-13-24/h6-9,20-21H,4-5,10-17H2,1-3H3/t20-,21-. The van der Waals surface area contributed by atoms with E-state index in [9.17, 15) is 0 Å². The Hall–Kier alpha value is -1.10. The third-order valence-corrected chi connectivity index (χ3v) is 5.78. The highest BCUT2D eigenvalue weighted by Gasteiger charge is 2.32. The van der Waals surface area contributed by atoms with Gasteiger partial charge in [-0.25, -0.2) is 0 Å². The van der Waals surface area contributed by atoms with Crippen molar-refractivity contribution in [2.24, 2.45) is 0 Å². The molecule has 1 aliphatic heterocycles. The lowest BCUT2D eigenvalue weighted by atomic mass is 9.88. The number of rotatable bonds is 8. The van der Waals surface area contributed by atoms with E-state index in [1.54, 1.807) is 0 Å². The predicted molar refractivity (Wildman–Crippen MR) is 105 cm³/mol. The summed E-state index contributed by atoms with van der Waals surface area (Å²) in [7, 11) is 4.46. The van der Waals surface area contributed by atoms with Crippen LogP contribution in [0.3, 0.4) is 0 Å². The lowest BCUT2D eigenvalue weighted by Crippen LogP contribution is -2.46. The molecule has 1 aromatic carbocycles. The Labute approximate surface area is 153 Å². The van der Waals surface area contributed by atoms with Crippen LogP contribution in [0.15, 0.2) is 24.3 Å². The number of benzene rings is 1. The Bertz CT molecular complexity index is 504. The molecule has 0 aromatic heterocycles. The first-order valence-electron chi connectivity index (χ1n) is 10.00. The Balaban J connectivity index is 1.41. The highest BCUT2D eigenvalue weighted by atomic mass is 16.5. The van der Waals surface area contributed by atoms with E-state index < -0.39 is 0 Å². The highest BCUT2D eigenvalue weighted by molar-refractivity contribution is 5.48. The first-order valence-corrected chi connectivity index (χ1v) is 10.00. The maximum Gasteiger partial charge on any atom is 0.0605 e. The lowest BCUT2D eigenvalue weighted by Gasteiger charge is -2.41. The zero-order valence-corrected chi connectivity index (χ0v) is 16.3. The van der Waals surface area contributed by atoms with Crippen molar-refractivity contribution in [2.45, 2.75) is 51.3 Å². The molecule has 2 fully saturated rings. The molecule has 0 spiro atoms. The van der Waals surface area contributed by atoms with Gasteiger partial charge >= 0.3 is 0 Å². The van der Waals surface area contributed by atoms with Gasteiger partial charge in [0.25, 0.3) is 0 Å². The molecule has 4 heteroatoms. The van der Waals surface area contributed by atoms with E-state index in [2.05, 4.69) is 60.0 Å². The van der Waals surface area contributed by atoms with Crippen molar-refractivity contribution >= 4 is 5.69 Å². The average Bonchev–Trinajstić information content (AvgIpc) is 2.58. The molecular formula is C21H35N3O. The minimum Gasteiger partial charge on any atom is -0.378 e. The number of ether oxygens (including phenoxy) is 1. The zero-order chi connectivity index (χ0) is 17.6. The van der Waals surface area contributed by atoms with Gasteiger partial charge in [-0.05, 0) is 51.1 Å². The van der Waals surface area contributed by atoms with Gasteiger partial charge in [0.15, 0.2) is 0 Å². The molecule has 140 valence electrons. The van der Waals surface area contributed by atoms with Crippen LogP contribution in [0.4, 0.5) is 5.69 Å². The van der Waals surface area contributed by atoms with Crippen molar-refractivity contribution in [1.82, 2.24) is 9.80 Å². The van der Waals surface area contributed by atoms with E-state index in [-0.39, 0.29) is 0 Å². The van der Waals surface area contributed by atoms with Crippen molar-refractivity contribution in [3.8, 4) is 0 Å². The maximum absolute atomic E-state index is 5.90. The lowest BCUT2D eigenvalue weighted by molar-refractivity contribution is -0.0476. The smallest absolute Gasteiger partial charge is 0.0605 e. The van der Waals surface area contributed by atoms with Crippen LogP contribution in [0.2, 0.25) is 0 Å². The minimum absolute atomic E-state index is 0.499. The van der Waals surface area contributed by atoms with Crippen LogP contribution >= 0.6 is 0 Å². The number of unbranched alkanes of at least 4 members (excludes halogenated alkanes) is 1. The summed E-state index contributed by atoms with van der Waals surface area (Å²) in [5, 5.41) is 0. The number of nitrogens with zero attached hydrogens (tertiary/aromatic N) is 3. The van der Waals surface area contributed by atoms with Crippen LogP contribution < -0.4 is 4.90 Å². The molecule has 0 unspecified atom stereocenters. The van der Waals surface area contributed by atoms with Crippen molar-refractivity contribution in [1.29, 1.82) is 0 Å². The number of likely N-dealkylation sites (N-methyl/N-ethyl adjacent to an activating group) is 1. The summed E-state index contributed by atoms with van der Waals surface area (Å²) in [5.74, 6) is 0. The Morgan fingerprint density at radius 1 is 1.08 bits per heavy atom. The Morgan fingerprint density at radius 2 is 1.76 bits per heavy atom. The Morgan fingerprint density at radius 3 is 2.40 bits per heavy atom. The van der Waals surface area contributed by atoms with E-state index in [0.29, 0.717) is 12.1 Å². The van der Waals surface area contributed by atoms with Gasteiger partial charge in [0.1, 0.15) is 0 Å². The van der Waals surface area contributed by atoms with Crippen LogP contribution in [-0.4, -0.2) is 68.8 Å². The second-order valence-electron chi connectivity index (χ2n) is 7.84. The largest absolute Gasteiger partial charge is 0.378 e. The summed E-state index contributed by atoms with van der Waals surface area (Å²) in [5.41, 5.74) is 2.78. The average molecular weight is 346 g/mol. The molecule has 0 atom stereocenters. The van der Waals surface area contributed by atoms with E-state index in [1.807, 2.05) is 0 Å². The summed E-state index contributed by atoms with van der Waals surface area (Å²) in [4.78, 5) is 7.39. The molecule has 1 aromatic rings. The summed E-state index contributed by atoms with van der Waals surface area (Å²) in [6.45, 7) is 8.78. The van der Waals surface area contributed by atoms with Crippen LogP contribution in [0, 0.1) is 0 Å². The van der Waals surface area contributed by atoms with Gasteiger partial charge in [-0.15, -0.1) is 0 Å².